The molecule has 9 heteroatoms. The number of hydrogen-bond donors (Lipinski definition) is 1. The van der Waals surface area contributed by atoms with Gasteiger partial charge in [0.25, 0.3) is 15.0 Å². The Kier molecular flexibility index (Phi) is 4.02. The normalized spacial score (nSPS) is 11.4. The first kappa shape index (κ1) is 15.5. The molecule has 0 atom stereocenters. The molecule has 0 aliphatic carbocycles. The van der Waals surface area contributed by atoms with Gasteiger partial charge in [0, 0.05) is 29.1 Å². The van der Waals surface area contributed by atoms with Crippen molar-refractivity contribution in [2.75, 3.05) is 5.32 Å². The summed E-state index contributed by atoms with van der Waals surface area (Å²) in [6.07, 6.45) is 1.39. The van der Waals surface area contributed by atoms with Crippen molar-refractivity contribution in [1.29, 1.82) is 0 Å². The topological polar surface area (TPSA) is 81.1 Å². The Bertz CT molecular complexity index is 817. The van der Waals surface area contributed by atoms with E-state index in [9.17, 15) is 17.6 Å². The van der Waals surface area contributed by atoms with Gasteiger partial charge < -0.3 is 5.32 Å². The minimum absolute atomic E-state index is 0.116. The van der Waals surface area contributed by atoms with Crippen LogP contribution in [-0.4, -0.2) is 24.1 Å². The Morgan fingerprint density at radius 3 is 2.57 bits per heavy atom. The van der Waals surface area contributed by atoms with Crippen LogP contribution in [0.3, 0.4) is 0 Å². The molecule has 112 valence electrons. The maximum atomic E-state index is 13.7. The molecule has 2 aromatic rings. The van der Waals surface area contributed by atoms with Gasteiger partial charge in [-0.3, -0.25) is 9.48 Å². The molecule has 0 aliphatic heterocycles. The number of amides is 1. The minimum Gasteiger partial charge on any atom is -0.322 e. The Hall–Kier alpha value is -1.93. The number of rotatable bonds is 3. The van der Waals surface area contributed by atoms with Crippen molar-refractivity contribution in [2.24, 2.45) is 7.05 Å². The Labute approximate surface area is 124 Å². The number of carbonyl (C=O) groups is 1. The number of benzene rings is 1. The third-order valence-corrected chi connectivity index (χ3v) is 4.29. The van der Waals surface area contributed by atoms with Crippen LogP contribution in [-0.2, 0) is 16.1 Å². The summed E-state index contributed by atoms with van der Waals surface area (Å²) in [5.41, 5.74) is 1.10. The minimum atomic E-state index is -4.16. The van der Waals surface area contributed by atoms with E-state index in [1.165, 1.54) is 16.9 Å². The van der Waals surface area contributed by atoms with Crippen LogP contribution in [0.2, 0.25) is 0 Å². The average molecular weight is 332 g/mol. The van der Waals surface area contributed by atoms with Gasteiger partial charge in [0.1, 0.15) is 10.7 Å². The van der Waals surface area contributed by atoms with Crippen LogP contribution in [0.4, 0.5) is 10.1 Å². The summed E-state index contributed by atoms with van der Waals surface area (Å²) in [7, 11) is 2.60. The summed E-state index contributed by atoms with van der Waals surface area (Å²) in [6.45, 7) is 1.71. The second-order valence-electron chi connectivity index (χ2n) is 4.30. The highest BCUT2D eigenvalue weighted by Gasteiger charge is 2.18. The van der Waals surface area contributed by atoms with Gasteiger partial charge >= 0.3 is 0 Å². The fourth-order valence-corrected chi connectivity index (χ4v) is 2.59. The van der Waals surface area contributed by atoms with E-state index in [0.717, 1.165) is 12.1 Å². The van der Waals surface area contributed by atoms with E-state index in [2.05, 4.69) is 10.4 Å². The van der Waals surface area contributed by atoms with E-state index in [4.69, 9.17) is 10.7 Å². The van der Waals surface area contributed by atoms with Crippen molar-refractivity contribution in [1.82, 2.24) is 9.78 Å². The highest BCUT2D eigenvalue weighted by atomic mass is 35.7. The molecule has 0 spiro atoms. The molecule has 21 heavy (non-hydrogen) atoms. The van der Waals surface area contributed by atoms with Crippen molar-refractivity contribution < 1.29 is 17.6 Å². The molecule has 6 nitrogen and oxygen atoms in total. The van der Waals surface area contributed by atoms with Crippen molar-refractivity contribution in [3.63, 3.8) is 0 Å². The molecule has 1 amide bonds. The zero-order chi connectivity index (χ0) is 15.8. The van der Waals surface area contributed by atoms with Crippen LogP contribution in [0.25, 0.3) is 0 Å². The van der Waals surface area contributed by atoms with Crippen molar-refractivity contribution in [2.45, 2.75) is 11.8 Å². The third kappa shape index (κ3) is 3.22. The largest absolute Gasteiger partial charge is 0.322 e. The lowest BCUT2D eigenvalue weighted by atomic mass is 10.2. The lowest BCUT2D eigenvalue weighted by Gasteiger charge is -2.06. The summed E-state index contributed by atoms with van der Waals surface area (Å²) in [5.74, 6) is -1.51. The quantitative estimate of drug-likeness (QED) is 0.873. The highest BCUT2D eigenvalue weighted by molar-refractivity contribution is 8.13. The van der Waals surface area contributed by atoms with Crippen LogP contribution in [0.5, 0.6) is 0 Å². The van der Waals surface area contributed by atoms with Crippen LogP contribution >= 0.6 is 10.7 Å². The van der Waals surface area contributed by atoms with E-state index >= 15 is 0 Å². The summed E-state index contributed by atoms with van der Waals surface area (Å²) in [4.78, 5) is 11.4. The van der Waals surface area contributed by atoms with Gasteiger partial charge in [-0.2, -0.15) is 5.10 Å². The molecule has 1 aromatic heterocycles. The first-order chi connectivity index (χ1) is 9.70. The Morgan fingerprint density at radius 2 is 2.10 bits per heavy atom. The molecule has 0 saturated carbocycles. The second-order valence-corrected chi connectivity index (χ2v) is 6.84. The number of aryl methyl sites for hydroxylation is 1. The van der Waals surface area contributed by atoms with Crippen LogP contribution < -0.4 is 5.32 Å². The van der Waals surface area contributed by atoms with Crippen molar-refractivity contribution in [3.05, 3.63) is 41.5 Å². The zero-order valence-electron chi connectivity index (χ0n) is 11.1. The molecular formula is C12H11ClFN3O3S. The summed E-state index contributed by atoms with van der Waals surface area (Å²) < 4.78 is 37.3. The second kappa shape index (κ2) is 5.45. The third-order valence-electron chi connectivity index (χ3n) is 2.93. The van der Waals surface area contributed by atoms with E-state index in [0.29, 0.717) is 11.3 Å². The van der Waals surface area contributed by atoms with Gasteiger partial charge in [-0.25, -0.2) is 12.8 Å². The molecule has 2 rings (SSSR count). The van der Waals surface area contributed by atoms with Crippen LogP contribution in [0.1, 0.15) is 16.1 Å². The molecule has 0 aliphatic rings. The van der Waals surface area contributed by atoms with Gasteiger partial charge in [-0.1, -0.05) is 0 Å². The first-order valence-corrected chi connectivity index (χ1v) is 8.05. The van der Waals surface area contributed by atoms with Gasteiger partial charge in [-0.05, 0) is 25.1 Å². The number of hydrogen-bond acceptors (Lipinski definition) is 4. The standard InChI is InChI=1S/C12H11ClFN3O3S/c1-7-9(6-15-17(7)2)12(18)16-8-3-4-11(10(14)5-8)21(13,19)20/h3-6H,1-2H3,(H,16,18). The van der Waals surface area contributed by atoms with Gasteiger partial charge in [0.2, 0.25) is 0 Å². The number of nitrogens with one attached hydrogen (secondary N) is 1. The molecule has 0 fully saturated rings. The Morgan fingerprint density at radius 1 is 1.43 bits per heavy atom. The van der Waals surface area contributed by atoms with Gasteiger partial charge in [0.15, 0.2) is 0 Å². The van der Waals surface area contributed by atoms with E-state index < -0.39 is 25.7 Å². The summed E-state index contributed by atoms with van der Waals surface area (Å²) >= 11 is 0. The van der Waals surface area contributed by atoms with E-state index in [-0.39, 0.29) is 5.69 Å². The molecular weight excluding hydrogens is 321 g/mol. The molecule has 0 radical (unpaired) electrons. The predicted molar refractivity (Wildman–Crippen MR) is 75.3 cm³/mol. The summed E-state index contributed by atoms with van der Waals surface area (Å²) in [6, 6.07) is 3.13. The molecule has 1 aromatic carbocycles. The van der Waals surface area contributed by atoms with Gasteiger partial charge in [0.05, 0.1) is 11.8 Å². The average Bonchev–Trinajstić information content (AvgIpc) is 2.68. The predicted octanol–water partition coefficient (Wildman–Crippen LogP) is 2.05. The van der Waals surface area contributed by atoms with Crippen molar-refractivity contribution >= 4 is 31.3 Å². The van der Waals surface area contributed by atoms with Crippen LogP contribution in [0, 0.1) is 12.7 Å². The molecule has 1 N–H and O–H groups in total. The SMILES string of the molecule is Cc1c(C(=O)Nc2ccc(S(=O)(=O)Cl)c(F)c2)cnn1C. The maximum absolute atomic E-state index is 13.7. The first-order valence-electron chi connectivity index (χ1n) is 5.74. The van der Waals surface area contributed by atoms with Gasteiger partial charge in [-0.15, -0.1) is 0 Å². The molecule has 0 bridgehead atoms. The van der Waals surface area contributed by atoms with Crippen LogP contribution in [0.15, 0.2) is 29.3 Å². The number of aromatic nitrogens is 2. The lowest BCUT2D eigenvalue weighted by molar-refractivity contribution is 0.102. The molecule has 0 saturated heterocycles. The number of halogens is 2. The smallest absolute Gasteiger partial charge is 0.264 e. The Balaban J connectivity index is 2.27. The monoisotopic (exact) mass is 331 g/mol. The van der Waals surface area contributed by atoms with Crippen molar-refractivity contribution in [3.8, 4) is 0 Å². The fraction of sp³-hybridized carbons (Fsp3) is 0.167. The summed E-state index contributed by atoms with van der Waals surface area (Å²) in [5, 5.41) is 6.39. The maximum Gasteiger partial charge on any atom is 0.264 e. The van der Waals surface area contributed by atoms with E-state index in [1.54, 1.807) is 14.0 Å². The molecule has 0 unspecified atom stereocenters. The zero-order valence-corrected chi connectivity index (χ0v) is 12.7. The molecule has 1 heterocycles. The number of anilines is 1. The van der Waals surface area contributed by atoms with E-state index in [1.807, 2.05) is 0 Å². The highest BCUT2D eigenvalue weighted by Crippen LogP contribution is 2.22. The lowest BCUT2D eigenvalue weighted by Crippen LogP contribution is -2.13. The number of nitrogens with zero attached hydrogens (tertiary/aromatic N) is 2. The fourth-order valence-electron chi connectivity index (χ4n) is 1.70. The number of carbonyl (C=O) groups excluding carboxylic acids is 1.